The van der Waals surface area contributed by atoms with Gasteiger partial charge in [-0.05, 0) is 50.9 Å². The Morgan fingerprint density at radius 1 is 1.22 bits per heavy atom. The molecule has 4 rings (SSSR count). The van der Waals surface area contributed by atoms with E-state index in [9.17, 15) is 4.79 Å². The molecule has 0 spiro atoms. The molecule has 0 unspecified atom stereocenters. The maximum atomic E-state index is 12.3. The van der Waals surface area contributed by atoms with Crippen molar-refractivity contribution in [3.05, 3.63) is 24.3 Å². The van der Waals surface area contributed by atoms with Crippen LogP contribution in [-0.4, -0.2) is 52.0 Å². The van der Waals surface area contributed by atoms with Crippen LogP contribution < -0.4 is 5.32 Å². The van der Waals surface area contributed by atoms with E-state index in [1.54, 1.807) is 4.68 Å². The first-order chi connectivity index (χ1) is 11.2. The van der Waals surface area contributed by atoms with Crippen molar-refractivity contribution in [2.75, 3.05) is 26.2 Å². The fourth-order valence-electron chi connectivity index (χ4n) is 3.49. The summed E-state index contributed by atoms with van der Waals surface area (Å²) in [5.74, 6) is 0.0216. The van der Waals surface area contributed by atoms with Crippen LogP contribution in [0.5, 0.6) is 0 Å². The minimum Gasteiger partial charge on any atom is -0.354 e. The van der Waals surface area contributed by atoms with Gasteiger partial charge in [-0.25, -0.2) is 4.68 Å². The summed E-state index contributed by atoms with van der Waals surface area (Å²) in [6, 6.07) is 7.72. The molecule has 1 N–H and O–H groups in total. The van der Waals surface area contributed by atoms with Crippen molar-refractivity contribution >= 4 is 16.9 Å². The third-order valence-electron chi connectivity index (χ3n) is 5.09. The molecule has 1 saturated carbocycles. The Kier molecular flexibility index (Phi) is 3.77. The van der Waals surface area contributed by atoms with E-state index in [4.69, 9.17) is 0 Å². The van der Waals surface area contributed by atoms with Crippen LogP contribution in [0.4, 0.5) is 0 Å². The number of benzene rings is 1. The average molecular weight is 313 g/mol. The second kappa shape index (κ2) is 5.92. The lowest BCUT2D eigenvalue weighted by Crippen LogP contribution is -2.38. The van der Waals surface area contributed by atoms with Crippen LogP contribution in [0.1, 0.15) is 25.7 Å². The lowest BCUT2D eigenvalue weighted by Gasteiger charge is -2.23. The lowest BCUT2D eigenvalue weighted by atomic mass is 10.1. The first kappa shape index (κ1) is 14.6. The number of fused-ring (bicyclic) bond motifs is 1. The highest BCUT2D eigenvalue weighted by Gasteiger charge is 2.44. The van der Waals surface area contributed by atoms with E-state index >= 15 is 0 Å². The van der Waals surface area contributed by atoms with E-state index in [-0.39, 0.29) is 12.5 Å². The molecule has 2 heterocycles. The first-order valence-corrected chi connectivity index (χ1v) is 8.51. The molecule has 1 aromatic heterocycles. The molecule has 1 saturated heterocycles. The predicted octanol–water partition coefficient (Wildman–Crippen LogP) is 1.42. The topological polar surface area (TPSA) is 63.1 Å². The van der Waals surface area contributed by atoms with Gasteiger partial charge in [0.25, 0.3) is 0 Å². The van der Waals surface area contributed by atoms with Gasteiger partial charge >= 0.3 is 0 Å². The summed E-state index contributed by atoms with van der Waals surface area (Å²) in [5, 5.41) is 11.3. The van der Waals surface area contributed by atoms with E-state index in [1.165, 1.54) is 38.8 Å². The molecule has 2 aliphatic rings. The van der Waals surface area contributed by atoms with Crippen LogP contribution in [0.25, 0.3) is 11.0 Å². The fraction of sp³-hybridized carbons (Fsp3) is 0.588. The molecule has 122 valence electrons. The summed E-state index contributed by atoms with van der Waals surface area (Å²) < 4.78 is 1.67. The normalized spacial score (nSPS) is 20.0. The molecular formula is C17H23N5O. The van der Waals surface area contributed by atoms with Gasteiger partial charge in [0.2, 0.25) is 5.91 Å². The predicted molar refractivity (Wildman–Crippen MR) is 87.9 cm³/mol. The number of rotatable bonds is 6. The first-order valence-electron chi connectivity index (χ1n) is 8.51. The second-order valence-corrected chi connectivity index (χ2v) is 7.00. The van der Waals surface area contributed by atoms with Crippen molar-refractivity contribution < 1.29 is 4.79 Å². The van der Waals surface area contributed by atoms with Crippen molar-refractivity contribution in [3.8, 4) is 0 Å². The van der Waals surface area contributed by atoms with Crippen molar-refractivity contribution in [2.24, 2.45) is 5.41 Å². The second-order valence-electron chi connectivity index (χ2n) is 7.00. The van der Waals surface area contributed by atoms with Gasteiger partial charge in [0, 0.05) is 18.5 Å². The minimum atomic E-state index is 0.0216. The van der Waals surface area contributed by atoms with Gasteiger partial charge in [0.05, 0.1) is 5.52 Å². The van der Waals surface area contributed by atoms with E-state index in [0.29, 0.717) is 5.41 Å². The number of nitrogens with one attached hydrogen (secondary N) is 1. The van der Waals surface area contributed by atoms with Crippen LogP contribution in [0.15, 0.2) is 24.3 Å². The zero-order chi connectivity index (χ0) is 15.7. The molecule has 0 bridgehead atoms. The van der Waals surface area contributed by atoms with E-state index in [0.717, 1.165) is 24.1 Å². The van der Waals surface area contributed by atoms with Gasteiger partial charge in [-0.1, -0.05) is 17.3 Å². The van der Waals surface area contributed by atoms with Crippen LogP contribution >= 0.6 is 0 Å². The van der Waals surface area contributed by atoms with Crippen LogP contribution in [-0.2, 0) is 11.3 Å². The molecule has 1 aliphatic carbocycles. The van der Waals surface area contributed by atoms with Crippen molar-refractivity contribution in [2.45, 2.75) is 32.2 Å². The molecular weight excluding hydrogens is 290 g/mol. The number of carbonyl (C=O) groups excluding carboxylic acids is 1. The van der Waals surface area contributed by atoms with Gasteiger partial charge in [0.15, 0.2) is 0 Å². The molecule has 0 radical (unpaired) electrons. The van der Waals surface area contributed by atoms with E-state index in [2.05, 4.69) is 20.5 Å². The number of carbonyl (C=O) groups is 1. The summed E-state index contributed by atoms with van der Waals surface area (Å²) in [6.45, 7) is 4.61. The SMILES string of the molecule is O=C(Cn1nnc2ccccc21)NCC1(CN2CCCC2)CC1. The summed E-state index contributed by atoms with van der Waals surface area (Å²) in [4.78, 5) is 14.8. The molecule has 6 heteroatoms. The third-order valence-corrected chi connectivity index (χ3v) is 5.09. The highest BCUT2D eigenvalue weighted by atomic mass is 16.2. The monoisotopic (exact) mass is 313 g/mol. The van der Waals surface area contributed by atoms with Gasteiger partial charge < -0.3 is 10.2 Å². The Morgan fingerprint density at radius 2 is 2.00 bits per heavy atom. The maximum Gasteiger partial charge on any atom is 0.241 e. The highest BCUT2D eigenvalue weighted by Crippen LogP contribution is 2.46. The molecule has 1 aliphatic heterocycles. The smallest absolute Gasteiger partial charge is 0.241 e. The largest absolute Gasteiger partial charge is 0.354 e. The Hall–Kier alpha value is -1.95. The highest BCUT2D eigenvalue weighted by molar-refractivity contribution is 5.79. The molecule has 6 nitrogen and oxygen atoms in total. The number of aromatic nitrogens is 3. The van der Waals surface area contributed by atoms with Crippen molar-refractivity contribution in [3.63, 3.8) is 0 Å². The summed E-state index contributed by atoms with van der Waals surface area (Å²) >= 11 is 0. The Bertz CT molecular complexity index is 700. The molecule has 0 atom stereocenters. The molecule has 2 fully saturated rings. The number of hydrogen-bond donors (Lipinski definition) is 1. The number of likely N-dealkylation sites (tertiary alicyclic amines) is 1. The Balaban J connectivity index is 1.32. The van der Waals surface area contributed by atoms with Crippen LogP contribution in [0.2, 0.25) is 0 Å². The molecule has 1 aromatic carbocycles. The van der Waals surface area contributed by atoms with Gasteiger partial charge in [0.1, 0.15) is 12.1 Å². The van der Waals surface area contributed by atoms with Crippen LogP contribution in [0, 0.1) is 5.41 Å². The molecule has 2 aromatic rings. The Morgan fingerprint density at radius 3 is 2.78 bits per heavy atom. The minimum absolute atomic E-state index is 0.0216. The maximum absolute atomic E-state index is 12.3. The van der Waals surface area contributed by atoms with Gasteiger partial charge in [-0.3, -0.25) is 4.79 Å². The van der Waals surface area contributed by atoms with Gasteiger partial charge in [-0.2, -0.15) is 0 Å². The lowest BCUT2D eigenvalue weighted by molar-refractivity contribution is -0.122. The van der Waals surface area contributed by atoms with Crippen molar-refractivity contribution in [1.29, 1.82) is 0 Å². The van der Waals surface area contributed by atoms with E-state index < -0.39 is 0 Å². The van der Waals surface area contributed by atoms with Crippen LogP contribution in [0.3, 0.4) is 0 Å². The summed E-state index contributed by atoms with van der Waals surface area (Å²) in [6.07, 6.45) is 5.11. The molecule has 1 amide bonds. The van der Waals surface area contributed by atoms with E-state index in [1.807, 2.05) is 24.3 Å². The quantitative estimate of drug-likeness (QED) is 0.876. The summed E-state index contributed by atoms with van der Waals surface area (Å²) in [7, 11) is 0. The number of hydrogen-bond acceptors (Lipinski definition) is 4. The zero-order valence-corrected chi connectivity index (χ0v) is 13.4. The number of amides is 1. The standard InChI is InChI=1S/C17H23N5O/c23-16(11-22-15-6-2-1-5-14(15)19-20-22)18-12-17(7-8-17)13-21-9-3-4-10-21/h1-2,5-6H,3-4,7-13H2,(H,18,23). The third kappa shape index (κ3) is 3.22. The van der Waals surface area contributed by atoms with Crippen molar-refractivity contribution in [1.82, 2.24) is 25.2 Å². The zero-order valence-electron chi connectivity index (χ0n) is 13.4. The van der Waals surface area contributed by atoms with Gasteiger partial charge in [-0.15, -0.1) is 5.10 Å². The number of nitrogens with zero attached hydrogens (tertiary/aromatic N) is 4. The Labute approximate surface area is 135 Å². The number of para-hydroxylation sites is 1. The fourth-order valence-corrected chi connectivity index (χ4v) is 3.49. The molecule has 23 heavy (non-hydrogen) atoms. The summed E-state index contributed by atoms with van der Waals surface area (Å²) in [5.41, 5.74) is 2.05. The average Bonchev–Trinajstić information content (AvgIpc) is 2.96.